The molecule has 3 rings (SSSR count). The molecule has 2 bridgehead atoms. The second-order valence-electron chi connectivity index (χ2n) is 9.71. The van der Waals surface area contributed by atoms with Crippen molar-refractivity contribution in [1.82, 2.24) is 0 Å². The summed E-state index contributed by atoms with van der Waals surface area (Å²) in [6.45, 7) is 11.2. The highest BCUT2D eigenvalue weighted by Gasteiger charge is 2.52. The van der Waals surface area contributed by atoms with E-state index in [0.717, 1.165) is 19.3 Å². The fraction of sp³-hybridized carbons (Fsp3) is 0.826. The summed E-state index contributed by atoms with van der Waals surface area (Å²) in [4.78, 5) is 24.2. The van der Waals surface area contributed by atoms with Crippen molar-refractivity contribution in [3.63, 3.8) is 0 Å². The lowest BCUT2D eigenvalue weighted by atomic mass is 9.75. The lowest BCUT2D eigenvalue weighted by molar-refractivity contribution is -0.228. The first-order valence-electron chi connectivity index (χ1n) is 11.0. The Morgan fingerprint density at radius 2 is 1.93 bits per heavy atom. The molecule has 0 unspecified atom stereocenters. The third kappa shape index (κ3) is 4.43. The second kappa shape index (κ2) is 8.60. The second-order valence-corrected chi connectivity index (χ2v) is 9.71. The van der Waals surface area contributed by atoms with Gasteiger partial charge in [0.1, 0.15) is 12.2 Å². The van der Waals surface area contributed by atoms with Gasteiger partial charge in [0.05, 0.1) is 23.4 Å². The molecule has 0 amide bonds. The van der Waals surface area contributed by atoms with Gasteiger partial charge in [-0.1, -0.05) is 19.9 Å². The Bertz CT molecular complexity index is 687. The van der Waals surface area contributed by atoms with E-state index in [1.54, 1.807) is 14.0 Å². The quantitative estimate of drug-likeness (QED) is 0.538. The van der Waals surface area contributed by atoms with Gasteiger partial charge < -0.3 is 24.1 Å². The molecular weight excluding hydrogens is 388 g/mol. The van der Waals surface area contributed by atoms with Gasteiger partial charge in [-0.05, 0) is 51.9 Å². The minimum absolute atomic E-state index is 0.0121. The summed E-state index contributed by atoms with van der Waals surface area (Å²) in [5.41, 5.74) is -1.19. The van der Waals surface area contributed by atoms with E-state index >= 15 is 0 Å². The van der Waals surface area contributed by atoms with Crippen LogP contribution in [-0.2, 0) is 28.5 Å². The number of methoxy groups -OCH3 is 1. The van der Waals surface area contributed by atoms with Crippen molar-refractivity contribution in [2.75, 3.05) is 7.11 Å². The van der Waals surface area contributed by atoms with E-state index in [0.29, 0.717) is 24.8 Å². The van der Waals surface area contributed by atoms with Crippen LogP contribution in [0.1, 0.15) is 66.2 Å². The molecule has 0 spiro atoms. The van der Waals surface area contributed by atoms with Crippen LogP contribution in [0.15, 0.2) is 12.2 Å². The lowest BCUT2D eigenvalue weighted by Gasteiger charge is -2.48. The first-order chi connectivity index (χ1) is 14.0. The van der Waals surface area contributed by atoms with Crippen LogP contribution in [0.25, 0.3) is 0 Å². The summed E-state index contributed by atoms with van der Waals surface area (Å²) in [6.07, 6.45) is 2.17. The largest absolute Gasteiger partial charge is 0.458 e. The van der Waals surface area contributed by atoms with Gasteiger partial charge in [-0.2, -0.15) is 0 Å². The molecule has 3 fully saturated rings. The van der Waals surface area contributed by atoms with Crippen LogP contribution in [0, 0.1) is 11.8 Å². The number of fused-ring (bicyclic) bond motifs is 3. The zero-order chi connectivity index (χ0) is 22.3. The van der Waals surface area contributed by atoms with Crippen LogP contribution < -0.4 is 0 Å². The molecule has 0 aromatic heterocycles. The summed E-state index contributed by atoms with van der Waals surface area (Å²) in [7, 11) is 1.70. The third-order valence-corrected chi connectivity index (χ3v) is 7.42. The number of ether oxygens (including phenoxy) is 4. The van der Waals surface area contributed by atoms with Crippen molar-refractivity contribution in [1.29, 1.82) is 0 Å². The number of carbonyl (C=O) groups is 2. The van der Waals surface area contributed by atoms with Crippen LogP contribution in [0.2, 0.25) is 0 Å². The van der Waals surface area contributed by atoms with Gasteiger partial charge in [-0.3, -0.25) is 4.79 Å². The van der Waals surface area contributed by atoms with Crippen molar-refractivity contribution < 1.29 is 33.6 Å². The summed E-state index contributed by atoms with van der Waals surface area (Å²) in [5, 5.41) is 11.1. The molecule has 0 aliphatic carbocycles. The summed E-state index contributed by atoms with van der Waals surface area (Å²) in [5.74, 6) is -1.29. The Morgan fingerprint density at radius 3 is 2.57 bits per heavy atom. The zero-order valence-corrected chi connectivity index (χ0v) is 18.8. The average molecular weight is 425 g/mol. The normalized spacial score (nSPS) is 45.0. The van der Waals surface area contributed by atoms with Gasteiger partial charge in [0.25, 0.3) is 0 Å². The molecule has 7 heteroatoms. The lowest BCUT2D eigenvalue weighted by Crippen LogP contribution is -2.56. The van der Waals surface area contributed by atoms with E-state index in [2.05, 4.69) is 13.5 Å². The molecular formula is C23H36O7. The van der Waals surface area contributed by atoms with Gasteiger partial charge in [0.2, 0.25) is 0 Å². The summed E-state index contributed by atoms with van der Waals surface area (Å²) in [6, 6.07) is 0. The fourth-order valence-corrected chi connectivity index (χ4v) is 5.22. The summed E-state index contributed by atoms with van der Waals surface area (Å²) < 4.78 is 23.6. The first-order valence-corrected chi connectivity index (χ1v) is 11.0. The monoisotopic (exact) mass is 424 g/mol. The maximum atomic E-state index is 12.4. The number of rotatable bonds is 2. The van der Waals surface area contributed by atoms with E-state index in [9.17, 15) is 14.7 Å². The zero-order valence-electron chi connectivity index (χ0n) is 18.8. The van der Waals surface area contributed by atoms with Gasteiger partial charge in [-0.15, -0.1) is 0 Å². The number of carbonyl (C=O) groups excluding carboxylic acids is 2. The van der Waals surface area contributed by atoms with Gasteiger partial charge in [-0.25, -0.2) is 4.79 Å². The molecule has 0 aromatic carbocycles. The van der Waals surface area contributed by atoms with Crippen LogP contribution >= 0.6 is 0 Å². The molecule has 0 saturated carbocycles. The van der Waals surface area contributed by atoms with Crippen molar-refractivity contribution in [3.05, 3.63) is 12.2 Å². The summed E-state index contributed by atoms with van der Waals surface area (Å²) >= 11 is 0. The van der Waals surface area contributed by atoms with E-state index < -0.39 is 47.4 Å². The Hall–Kier alpha value is -1.44. The van der Waals surface area contributed by atoms with Crippen LogP contribution in [0.4, 0.5) is 0 Å². The minimum atomic E-state index is -1.05. The molecule has 3 heterocycles. The highest BCUT2D eigenvalue weighted by molar-refractivity contribution is 5.91. The van der Waals surface area contributed by atoms with Gasteiger partial charge in [0.15, 0.2) is 0 Å². The van der Waals surface area contributed by atoms with Crippen molar-refractivity contribution in [2.24, 2.45) is 11.8 Å². The predicted molar refractivity (Wildman–Crippen MR) is 110 cm³/mol. The Morgan fingerprint density at radius 1 is 1.23 bits per heavy atom. The molecule has 3 saturated heterocycles. The molecule has 8 atom stereocenters. The number of aliphatic hydroxyl groups is 1. The molecule has 7 nitrogen and oxygen atoms in total. The van der Waals surface area contributed by atoms with Crippen LogP contribution in [-0.4, -0.2) is 59.8 Å². The Kier molecular flexibility index (Phi) is 6.65. The number of hydrogen-bond donors (Lipinski definition) is 1. The van der Waals surface area contributed by atoms with Gasteiger partial charge in [0, 0.05) is 25.5 Å². The first kappa shape index (κ1) is 23.2. The van der Waals surface area contributed by atoms with E-state index in [1.807, 2.05) is 6.92 Å². The predicted octanol–water partition coefficient (Wildman–Crippen LogP) is 2.93. The third-order valence-electron chi connectivity index (χ3n) is 7.42. The fourth-order valence-electron chi connectivity index (χ4n) is 5.22. The minimum Gasteiger partial charge on any atom is -0.458 e. The SMILES string of the molecule is C=C1C(=O)O[C@H]2[C@H](OC(C)=O)[C@@H](C)CCC[C@](C)(OC)[C@@H]3CC[C@@](C)(O)[C@H](C[C@@H]12)O3. The molecule has 170 valence electrons. The topological polar surface area (TPSA) is 91.3 Å². The molecule has 3 aliphatic rings. The molecule has 1 N–H and O–H groups in total. The molecule has 0 radical (unpaired) electrons. The van der Waals surface area contributed by atoms with E-state index in [-0.39, 0.29) is 12.0 Å². The molecule has 0 aromatic rings. The van der Waals surface area contributed by atoms with Crippen LogP contribution in [0.5, 0.6) is 0 Å². The highest BCUT2D eigenvalue weighted by atomic mass is 16.6. The smallest absolute Gasteiger partial charge is 0.334 e. The molecule has 3 aliphatic heterocycles. The van der Waals surface area contributed by atoms with Crippen molar-refractivity contribution >= 4 is 11.9 Å². The van der Waals surface area contributed by atoms with Crippen LogP contribution in [0.3, 0.4) is 0 Å². The molecule has 30 heavy (non-hydrogen) atoms. The maximum Gasteiger partial charge on any atom is 0.334 e. The van der Waals surface area contributed by atoms with E-state index in [1.165, 1.54) is 6.92 Å². The van der Waals surface area contributed by atoms with Crippen molar-refractivity contribution in [2.45, 2.75) is 102 Å². The maximum absolute atomic E-state index is 12.4. The average Bonchev–Trinajstić information content (AvgIpc) is 2.94. The highest BCUT2D eigenvalue weighted by Crippen LogP contribution is 2.44. The number of hydrogen-bond acceptors (Lipinski definition) is 7. The Labute approximate surface area is 179 Å². The number of esters is 2. The van der Waals surface area contributed by atoms with Crippen molar-refractivity contribution in [3.8, 4) is 0 Å². The Balaban J connectivity index is 1.99. The standard InChI is InChI=1S/C23H36O7/c1-13-8-7-10-23(5,27-6)17-9-11-22(4,26)18(29-17)12-16-14(2)21(25)30-20(16)19(13)28-15(3)24/h13,16-20,26H,2,7-12H2,1,3-6H3/t13-,16-,17-,18-,19+,20+,22+,23-/m0/s1. The van der Waals surface area contributed by atoms with Gasteiger partial charge >= 0.3 is 11.9 Å². The van der Waals surface area contributed by atoms with E-state index in [4.69, 9.17) is 18.9 Å².